The molecule has 0 aliphatic rings. The molecule has 0 unspecified atom stereocenters. The van der Waals surface area contributed by atoms with Crippen LogP contribution in [0.15, 0.2) is 12.1 Å². The molecule has 1 aromatic rings. The van der Waals surface area contributed by atoms with Crippen molar-refractivity contribution < 1.29 is 14.5 Å². The SMILES string of the molecule is CCN(C)c1cc(NC(=O)OC(C)(C)C)c([N+](=O)[O-])cc1C. The third-order valence-corrected chi connectivity index (χ3v) is 3.03. The number of nitro benzene ring substituents is 1. The number of carbonyl (C=O) groups excluding carboxylic acids is 1. The van der Waals surface area contributed by atoms with Gasteiger partial charge in [0.2, 0.25) is 0 Å². The van der Waals surface area contributed by atoms with Gasteiger partial charge in [0.15, 0.2) is 0 Å². The molecule has 0 aliphatic heterocycles. The molecule has 0 spiro atoms. The van der Waals surface area contributed by atoms with Gasteiger partial charge < -0.3 is 9.64 Å². The first kappa shape index (κ1) is 17.7. The average molecular weight is 309 g/mol. The van der Waals surface area contributed by atoms with Crippen molar-refractivity contribution in [2.24, 2.45) is 0 Å². The number of amides is 1. The normalized spacial score (nSPS) is 11.0. The van der Waals surface area contributed by atoms with E-state index in [-0.39, 0.29) is 11.4 Å². The van der Waals surface area contributed by atoms with E-state index in [0.29, 0.717) is 0 Å². The van der Waals surface area contributed by atoms with Crippen LogP contribution in [-0.2, 0) is 4.74 Å². The maximum absolute atomic E-state index is 11.9. The van der Waals surface area contributed by atoms with Gasteiger partial charge in [0.25, 0.3) is 5.69 Å². The van der Waals surface area contributed by atoms with Crippen LogP contribution in [0.5, 0.6) is 0 Å². The fourth-order valence-corrected chi connectivity index (χ4v) is 1.93. The molecule has 0 saturated heterocycles. The second-order valence-corrected chi connectivity index (χ2v) is 6.05. The highest BCUT2D eigenvalue weighted by Crippen LogP contribution is 2.33. The number of anilines is 2. The van der Waals surface area contributed by atoms with E-state index in [9.17, 15) is 14.9 Å². The summed E-state index contributed by atoms with van der Waals surface area (Å²) in [5.41, 5.74) is 0.883. The predicted molar refractivity (Wildman–Crippen MR) is 86.6 cm³/mol. The maximum Gasteiger partial charge on any atom is 0.412 e. The third kappa shape index (κ3) is 4.61. The summed E-state index contributed by atoms with van der Waals surface area (Å²) in [5, 5.41) is 13.7. The summed E-state index contributed by atoms with van der Waals surface area (Å²) >= 11 is 0. The topological polar surface area (TPSA) is 84.7 Å². The summed E-state index contributed by atoms with van der Waals surface area (Å²) in [4.78, 5) is 24.5. The van der Waals surface area contributed by atoms with Crippen molar-refractivity contribution in [1.29, 1.82) is 0 Å². The minimum absolute atomic E-state index is 0.125. The lowest BCUT2D eigenvalue weighted by molar-refractivity contribution is -0.384. The largest absolute Gasteiger partial charge is 0.444 e. The Morgan fingerprint density at radius 3 is 2.45 bits per heavy atom. The van der Waals surface area contributed by atoms with Crippen LogP contribution in [0.3, 0.4) is 0 Å². The molecule has 0 aromatic heterocycles. The zero-order valence-electron chi connectivity index (χ0n) is 13.9. The van der Waals surface area contributed by atoms with Gasteiger partial charge in [-0.05, 0) is 46.2 Å². The molecule has 1 rings (SSSR count). The predicted octanol–water partition coefficient (Wildman–Crippen LogP) is 3.71. The van der Waals surface area contributed by atoms with Crippen molar-refractivity contribution in [2.75, 3.05) is 23.8 Å². The Hall–Kier alpha value is -2.31. The lowest BCUT2D eigenvalue weighted by atomic mass is 10.1. The number of rotatable bonds is 4. The van der Waals surface area contributed by atoms with Gasteiger partial charge >= 0.3 is 6.09 Å². The fraction of sp³-hybridized carbons (Fsp3) is 0.533. The van der Waals surface area contributed by atoms with Crippen LogP contribution >= 0.6 is 0 Å². The molecule has 7 heteroatoms. The van der Waals surface area contributed by atoms with Crippen molar-refractivity contribution in [2.45, 2.75) is 40.2 Å². The highest BCUT2D eigenvalue weighted by atomic mass is 16.6. The van der Waals surface area contributed by atoms with Gasteiger partial charge in [-0.25, -0.2) is 4.79 Å². The van der Waals surface area contributed by atoms with Gasteiger partial charge in [0.1, 0.15) is 11.3 Å². The zero-order valence-corrected chi connectivity index (χ0v) is 13.9. The zero-order chi connectivity index (χ0) is 17.1. The molecular weight excluding hydrogens is 286 g/mol. The van der Waals surface area contributed by atoms with E-state index in [1.807, 2.05) is 18.9 Å². The van der Waals surface area contributed by atoms with Gasteiger partial charge in [-0.3, -0.25) is 15.4 Å². The fourth-order valence-electron chi connectivity index (χ4n) is 1.93. The summed E-state index contributed by atoms with van der Waals surface area (Å²) in [6.45, 7) is 9.70. The Bertz CT molecular complexity index is 579. The second-order valence-electron chi connectivity index (χ2n) is 6.05. The molecule has 1 aromatic carbocycles. The number of nitro groups is 1. The Morgan fingerprint density at radius 2 is 2.00 bits per heavy atom. The first-order chi connectivity index (χ1) is 10.0. The third-order valence-electron chi connectivity index (χ3n) is 3.03. The van der Waals surface area contributed by atoms with E-state index in [2.05, 4.69) is 5.32 Å². The Balaban J connectivity index is 3.20. The van der Waals surface area contributed by atoms with Gasteiger partial charge in [-0.15, -0.1) is 0 Å². The van der Waals surface area contributed by atoms with Gasteiger partial charge in [-0.1, -0.05) is 0 Å². The van der Waals surface area contributed by atoms with Crippen molar-refractivity contribution in [1.82, 2.24) is 0 Å². The summed E-state index contributed by atoms with van der Waals surface area (Å²) in [6, 6.07) is 3.05. The van der Waals surface area contributed by atoms with E-state index >= 15 is 0 Å². The molecule has 122 valence electrons. The second kappa shape index (κ2) is 6.64. The van der Waals surface area contributed by atoms with E-state index in [0.717, 1.165) is 17.8 Å². The molecule has 0 bridgehead atoms. The average Bonchev–Trinajstić information content (AvgIpc) is 2.36. The summed E-state index contributed by atoms with van der Waals surface area (Å²) in [5.74, 6) is 0. The number of hydrogen-bond acceptors (Lipinski definition) is 5. The highest BCUT2D eigenvalue weighted by Gasteiger charge is 2.22. The lowest BCUT2D eigenvalue weighted by Crippen LogP contribution is -2.27. The van der Waals surface area contributed by atoms with E-state index in [1.165, 1.54) is 6.07 Å². The van der Waals surface area contributed by atoms with Crippen molar-refractivity contribution in [3.8, 4) is 0 Å². The molecule has 0 atom stereocenters. The van der Waals surface area contributed by atoms with Gasteiger partial charge in [0, 0.05) is 25.3 Å². The first-order valence-electron chi connectivity index (χ1n) is 7.05. The molecule has 0 aliphatic carbocycles. The molecule has 0 heterocycles. The maximum atomic E-state index is 11.9. The van der Waals surface area contributed by atoms with Crippen LogP contribution in [0, 0.1) is 17.0 Å². The lowest BCUT2D eigenvalue weighted by Gasteiger charge is -2.22. The smallest absolute Gasteiger partial charge is 0.412 e. The van der Waals surface area contributed by atoms with E-state index in [1.54, 1.807) is 33.8 Å². The molecule has 1 amide bonds. The molecule has 1 N–H and O–H groups in total. The van der Waals surface area contributed by atoms with Crippen molar-refractivity contribution >= 4 is 23.2 Å². The van der Waals surface area contributed by atoms with Gasteiger partial charge in [0.05, 0.1) is 4.92 Å². The molecule has 7 nitrogen and oxygen atoms in total. The highest BCUT2D eigenvalue weighted by molar-refractivity contribution is 5.89. The number of aryl methyl sites for hydroxylation is 1. The molecule has 22 heavy (non-hydrogen) atoms. The minimum atomic E-state index is -0.718. The number of carbonyl (C=O) groups is 1. The van der Waals surface area contributed by atoms with Crippen LogP contribution in [0.25, 0.3) is 0 Å². The van der Waals surface area contributed by atoms with Crippen LogP contribution in [0.4, 0.5) is 21.9 Å². The number of benzene rings is 1. The minimum Gasteiger partial charge on any atom is -0.444 e. The first-order valence-corrected chi connectivity index (χ1v) is 7.05. The number of nitrogens with zero attached hydrogens (tertiary/aromatic N) is 2. The summed E-state index contributed by atoms with van der Waals surface area (Å²) < 4.78 is 5.15. The molecule has 0 saturated carbocycles. The summed E-state index contributed by atoms with van der Waals surface area (Å²) in [6.07, 6.45) is -0.718. The molecule has 0 radical (unpaired) electrons. The van der Waals surface area contributed by atoms with E-state index in [4.69, 9.17) is 4.74 Å². The van der Waals surface area contributed by atoms with Crippen LogP contribution in [0.2, 0.25) is 0 Å². The van der Waals surface area contributed by atoms with Crippen molar-refractivity contribution in [3.05, 3.63) is 27.8 Å². The Morgan fingerprint density at radius 1 is 1.41 bits per heavy atom. The quantitative estimate of drug-likeness (QED) is 0.677. The Labute approximate surface area is 130 Å². The monoisotopic (exact) mass is 309 g/mol. The standard InChI is InChI=1S/C15H23N3O4/c1-7-17(6)12-9-11(13(18(20)21)8-10(12)2)16-14(19)22-15(3,4)5/h8-9H,7H2,1-6H3,(H,16,19). The van der Waals surface area contributed by atoms with Crippen molar-refractivity contribution in [3.63, 3.8) is 0 Å². The Kier molecular flexibility index (Phi) is 5.35. The number of nitrogens with one attached hydrogen (secondary N) is 1. The summed E-state index contributed by atoms with van der Waals surface area (Å²) in [7, 11) is 1.88. The van der Waals surface area contributed by atoms with Crippen LogP contribution < -0.4 is 10.2 Å². The van der Waals surface area contributed by atoms with E-state index < -0.39 is 16.6 Å². The molecule has 0 fully saturated rings. The van der Waals surface area contributed by atoms with Crippen LogP contribution in [-0.4, -0.2) is 30.2 Å². The van der Waals surface area contributed by atoms with Gasteiger partial charge in [-0.2, -0.15) is 0 Å². The van der Waals surface area contributed by atoms with Crippen LogP contribution in [0.1, 0.15) is 33.3 Å². The number of ether oxygens (including phenoxy) is 1. The molecular formula is C15H23N3O4. The number of hydrogen-bond donors (Lipinski definition) is 1.